The predicted octanol–water partition coefficient (Wildman–Crippen LogP) is 5.20. The maximum absolute atomic E-state index is 13.4. The Morgan fingerprint density at radius 2 is 0.902 bits per heavy atom. The molecule has 1 N–H and O–H groups in total. The van der Waals surface area contributed by atoms with Crippen LogP contribution in [0.2, 0.25) is 0 Å². The van der Waals surface area contributed by atoms with Crippen LogP contribution < -0.4 is 0 Å². The normalized spacial score (nSPS) is 22.2. The molecule has 4 aromatic carbocycles. The molecule has 0 bridgehead atoms. The zero-order chi connectivity index (χ0) is 28.3. The van der Waals surface area contributed by atoms with E-state index in [9.17, 15) is 9.90 Å². The fourth-order valence-corrected chi connectivity index (χ4v) is 4.68. The van der Waals surface area contributed by atoms with Gasteiger partial charge in [0.2, 0.25) is 0 Å². The van der Waals surface area contributed by atoms with E-state index in [1.807, 2.05) is 121 Å². The highest BCUT2D eigenvalue weighted by molar-refractivity contribution is 5.76. The third kappa shape index (κ3) is 8.10. The first kappa shape index (κ1) is 28.7. The average molecular weight is 555 g/mol. The minimum atomic E-state index is -1.45. The van der Waals surface area contributed by atoms with E-state index in [0.717, 1.165) is 22.3 Å². The second-order valence-corrected chi connectivity index (χ2v) is 9.82. The van der Waals surface area contributed by atoms with Gasteiger partial charge in [-0.3, -0.25) is 0 Å². The smallest absolute Gasteiger partial charge is 0.338 e. The Morgan fingerprint density at radius 1 is 0.537 bits per heavy atom. The van der Waals surface area contributed by atoms with E-state index in [4.69, 9.17) is 23.7 Å². The number of carbonyl (C=O) groups is 1. The van der Waals surface area contributed by atoms with Gasteiger partial charge in [-0.15, -0.1) is 0 Å². The predicted molar refractivity (Wildman–Crippen MR) is 152 cm³/mol. The largest absolute Gasteiger partial charge is 0.459 e. The Morgan fingerprint density at radius 3 is 1.34 bits per heavy atom. The molecule has 0 radical (unpaired) electrons. The van der Waals surface area contributed by atoms with Crippen LogP contribution in [0.4, 0.5) is 0 Å². The molecule has 1 aliphatic heterocycles. The van der Waals surface area contributed by atoms with Crippen LogP contribution >= 0.6 is 0 Å². The van der Waals surface area contributed by atoms with Crippen LogP contribution in [0.25, 0.3) is 0 Å². The van der Waals surface area contributed by atoms with E-state index in [-0.39, 0.29) is 26.4 Å². The van der Waals surface area contributed by atoms with Crippen molar-refractivity contribution in [3.63, 3.8) is 0 Å². The van der Waals surface area contributed by atoms with Crippen molar-refractivity contribution in [2.75, 3.05) is 0 Å². The molecule has 0 unspecified atom stereocenters. The SMILES string of the molecule is O=C(OCc1ccccc1)[C@H]1O[C@H](O)[C@H](OCc2ccccc2)[C@@H](OCc2ccccc2)[C@@H]1OCc1ccccc1. The first-order valence-electron chi connectivity index (χ1n) is 13.7. The van der Waals surface area contributed by atoms with Crippen LogP contribution in [0.3, 0.4) is 0 Å². The molecule has 0 aromatic heterocycles. The maximum atomic E-state index is 13.4. The van der Waals surface area contributed by atoms with Gasteiger partial charge in [0.05, 0.1) is 19.8 Å². The standard InChI is InChI=1S/C34H34O7/c35-33(40-24-28-19-11-4-12-20-28)32-30(38-22-26-15-7-2-8-16-26)29(37-21-25-13-5-1-6-14-25)31(34(36)41-32)39-23-27-17-9-3-10-18-27/h1-20,29-32,34,36H,21-24H2/t29-,30-,31+,32-,34-/m0/s1. The summed E-state index contributed by atoms with van der Waals surface area (Å²) < 4.78 is 30.4. The molecule has 41 heavy (non-hydrogen) atoms. The topological polar surface area (TPSA) is 83.5 Å². The molecule has 0 amide bonds. The molecular formula is C34H34O7. The summed E-state index contributed by atoms with van der Waals surface area (Å²) in [6.07, 6.45) is -5.40. The Hall–Kier alpha value is -3.85. The second-order valence-electron chi connectivity index (χ2n) is 9.82. The summed E-state index contributed by atoms with van der Waals surface area (Å²) in [6.45, 7) is 0.695. The van der Waals surface area contributed by atoms with Crippen molar-refractivity contribution in [3.8, 4) is 0 Å². The van der Waals surface area contributed by atoms with E-state index in [2.05, 4.69) is 0 Å². The maximum Gasteiger partial charge on any atom is 0.338 e. The fraction of sp³-hybridized carbons (Fsp3) is 0.265. The number of ether oxygens (including phenoxy) is 5. The van der Waals surface area contributed by atoms with Gasteiger partial charge in [-0.1, -0.05) is 121 Å². The van der Waals surface area contributed by atoms with Gasteiger partial charge in [0.15, 0.2) is 12.4 Å². The third-order valence-electron chi connectivity index (χ3n) is 6.83. The lowest BCUT2D eigenvalue weighted by molar-refractivity contribution is -0.309. The molecular weight excluding hydrogens is 520 g/mol. The summed E-state index contributed by atoms with van der Waals surface area (Å²) in [5.41, 5.74) is 3.60. The second kappa shape index (κ2) is 14.7. The molecule has 1 aliphatic rings. The third-order valence-corrected chi connectivity index (χ3v) is 6.83. The monoisotopic (exact) mass is 554 g/mol. The highest BCUT2D eigenvalue weighted by atomic mass is 16.7. The molecule has 0 aliphatic carbocycles. The van der Waals surface area contributed by atoms with Gasteiger partial charge in [0.1, 0.15) is 24.9 Å². The van der Waals surface area contributed by atoms with E-state index in [0.29, 0.717) is 0 Å². The van der Waals surface area contributed by atoms with Gasteiger partial charge in [-0.2, -0.15) is 0 Å². The summed E-state index contributed by atoms with van der Waals surface area (Å²) in [5.74, 6) is -0.652. The minimum Gasteiger partial charge on any atom is -0.459 e. The Labute approximate surface area is 240 Å². The van der Waals surface area contributed by atoms with Crippen molar-refractivity contribution >= 4 is 5.97 Å². The molecule has 7 heteroatoms. The van der Waals surface area contributed by atoms with Gasteiger partial charge in [-0.05, 0) is 22.3 Å². The zero-order valence-electron chi connectivity index (χ0n) is 22.7. The number of benzene rings is 4. The number of hydrogen-bond acceptors (Lipinski definition) is 7. The quantitative estimate of drug-likeness (QED) is 0.241. The zero-order valence-corrected chi connectivity index (χ0v) is 22.7. The highest BCUT2D eigenvalue weighted by Gasteiger charge is 2.51. The molecule has 0 saturated carbocycles. The summed E-state index contributed by atoms with van der Waals surface area (Å²) >= 11 is 0. The van der Waals surface area contributed by atoms with Gasteiger partial charge in [0, 0.05) is 0 Å². The minimum absolute atomic E-state index is 0.0600. The molecule has 0 spiro atoms. The van der Waals surface area contributed by atoms with Gasteiger partial charge in [-0.25, -0.2) is 4.79 Å². The lowest BCUT2D eigenvalue weighted by Crippen LogP contribution is -2.62. The van der Waals surface area contributed by atoms with Crippen molar-refractivity contribution in [3.05, 3.63) is 144 Å². The first-order valence-corrected chi connectivity index (χ1v) is 13.7. The fourth-order valence-electron chi connectivity index (χ4n) is 4.68. The number of aliphatic hydroxyl groups excluding tert-OH is 1. The van der Waals surface area contributed by atoms with Crippen molar-refractivity contribution in [2.24, 2.45) is 0 Å². The number of esters is 1. The number of rotatable bonds is 12. The van der Waals surface area contributed by atoms with Crippen LogP contribution in [0.15, 0.2) is 121 Å². The van der Waals surface area contributed by atoms with Crippen molar-refractivity contribution in [1.82, 2.24) is 0 Å². The molecule has 1 heterocycles. The molecule has 1 fully saturated rings. The molecule has 7 nitrogen and oxygen atoms in total. The summed E-state index contributed by atoms with van der Waals surface area (Å²) in [7, 11) is 0. The Kier molecular flexibility index (Phi) is 10.3. The van der Waals surface area contributed by atoms with Crippen molar-refractivity contribution in [2.45, 2.75) is 57.1 Å². The number of hydrogen-bond donors (Lipinski definition) is 1. The Balaban J connectivity index is 1.40. The summed E-state index contributed by atoms with van der Waals surface area (Å²) in [6, 6.07) is 38.3. The molecule has 1 saturated heterocycles. The lowest BCUT2D eigenvalue weighted by Gasteiger charge is -2.43. The lowest BCUT2D eigenvalue weighted by atomic mass is 9.97. The molecule has 4 aromatic rings. The highest BCUT2D eigenvalue weighted by Crippen LogP contribution is 2.30. The van der Waals surface area contributed by atoms with Gasteiger partial charge in [0.25, 0.3) is 0 Å². The first-order chi connectivity index (χ1) is 20.2. The van der Waals surface area contributed by atoms with Crippen LogP contribution in [0.1, 0.15) is 22.3 Å². The number of aliphatic hydroxyl groups is 1. The van der Waals surface area contributed by atoms with Gasteiger partial charge < -0.3 is 28.8 Å². The van der Waals surface area contributed by atoms with Crippen LogP contribution in [-0.4, -0.2) is 41.8 Å². The Bertz CT molecular complexity index is 1320. The van der Waals surface area contributed by atoms with Crippen molar-refractivity contribution in [1.29, 1.82) is 0 Å². The molecule has 212 valence electrons. The van der Waals surface area contributed by atoms with Gasteiger partial charge >= 0.3 is 5.97 Å². The van der Waals surface area contributed by atoms with E-state index >= 15 is 0 Å². The van der Waals surface area contributed by atoms with E-state index in [1.165, 1.54) is 0 Å². The molecule has 5 atom stereocenters. The summed E-state index contributed by atoms with van der Waals surface area (Å²) in [5, 5.41) is 11.1. The number of carbonyl (C=O) groups excluding carboxylic acids is 1. The average Bonchev–Trinajstić information content (AvgIpc) is 3.03. The van der Waals surface area contributed by atoms with E-state index < -0.39 is 36.7 Å². The van der Waals surface area contributed by atoms with Crippen LogP contribution in [-0.2, 0) is 54.9 Å². The van der Waals surface area contributed by atoms with E-state index in [1.54, 1.807) is 0 Å². The van der Waals surface area contributed by atoms with Crippen LogP contribution in [0, 0.1) is 0 Å². The van der Waals surface area contributed by atoms with Crippen molar-refractivity contribution < 1.29 is 33.6 Å². The van der Waals surface area contributed by atoms with Crippen LogP contribution in [0.5, 0.6) is 0 Å². The molecule has 5 rings (SSSR count). The summed E-state index contributed by atoms with van der Waals surface area (Å²) in [4.78, 5) is 13.4.